The summed E-state index contributed by atoms with van der Waals surface area (Å²) in [7, 11) is 0. The number of hydrogen-bond acceptors (Lipinski definition) is 7. The molecule has 2 aromatic heterocycles. The second-order valence-corrected chi connectivity index (χ2v) is 8.32. The number of piperidine rings is 1. The van der Waals surface area contributed by atoms with Gasteiger partial charge in [0, 0.05) is 31.8 Å². The number of nitrogens with zero attached hydrogens (tertiary/aromatic N) is 5. The summed E-state index contributed by atoms with van der Waals surface area (Å²) in [6, 6.07) is 3.97. The summed E-state index contributed by atoms with van der Waals surface area (Å²) in [6.45, 7) is 5.97. The summed E-state index contributed by atoms with van der Waals surface area (Å²) < 4.78 is 0. The molecule has 0 radical (unpaired) electrons. The number of aromatic amines is 1. The molecule has 1 aliphatic rings. The Labute approximate surface area is 170 Å². The van der Waals surface area contributed by atoms with Crippen LogP contribution in [-0.2, 0) is 11.2 Å². The third kappa shape index (κ3) is 5.50. The molecule has 3 rings (SSSR count). The van der Waals surface area contributed by atoms with Crippen LogP contribution in [0.2, 0.25) is 0 Å². The number of carboxylic acids is 1. The van der Waals surface area contributed by atoms with Gasteiger partial charge in [-0.15, -0.1) is 10.2 Å². The van der Waals surface area contributed by atoms with Crippen LogP contribution in [0.1, 0.15) is 50.4 Å². The summed E-state index contributed by atoms with van der Waals surface area (Å²) >= 11 is 0. The molecule has 9 heteroatoms. The second kappa shape index (κ2) is 9.78. The Balaban J connectivity index is 1.76. The summed E-state index contributed by atoms with van der Waals surface area (Å²) in [5, 5.41) is 33.4. The van der Waals surface area contributed by atoms with Gasteiger partial charge in [0.2, 0.25) is 0 Å². The zero-order valence-corrected chi connectivity index (χ0v) is 17.0. The highest BCUT2D eigenvalue weighted by atomic mass is 16.4. The van der Waals surface area contributed by atoms with Gasteiger partial charge in [0.25, 0.3) is 0 Å². The van der Waals surface area contributed by atoms with E-state index in [4.69, 9.17) is 0 Å². The van der Waals surface area contributed by atoms with Crippen molar-refractivity contribution < 1.29 is 15.0 Å². The summed E-state index contributed by atoms with van der Waals surface area (Å²) in [5.41, 5.74) is 0.939. The van der Waals surface area contributed by atoms with Crippen LogP contribution in [0.25, 0.3) is 0 Å². The molecule has 158 valence electrons. The van der Waals surface area contributed by atoms with Gasteiger partial charge >= 0.3 is 5.97 Å². The SMILES string of the molecule is CC(C)C[C@H](C(=O)O)[C@H](Cc1ccc(N2CCCC(CO)C2)nc1)c1nn[nH]n1. The molecule has 0 aliphatic carbocycles. The zero-order chi connectivity index (χ0) is 20.8. The second-order valence-electron chi connectivity index (χ2n) is 8.32. The lowest BCUT2D eigenvalue weighted by Gasteiger charge is -2.32. The van der Waals surface area contributed by atoms with E-state index in [0.29, 0.717) is 24.6 Å². The molecule has 0 aromatic carbocycles. The van der Waals surface area contributed by atoms with Crippen LogP contribution in [0.5, 0.6) is 0 Å². The minimum absolute atomic E-state index is 0.202. The zero-order valence-electron chi connectivity index (χ0n) is 17.0. The Hall–Kier alpha value is -2.55. The number of carboxylic acid groups (broad SMARTS) is 1. The fourth-order valence-electron chi connectivity index (χ4n) is 4.09. The molecule has 0 spiro atoms. The van der Waals surface area contributed by atoms with Crippen molar-refractivity contribution >= 4 is 11.8 Å². The number of anilines is 1. The molecule has 3 atom stereocenters. The molecule has 0 saturated carbocycles. The fourth-order valence-corrected chi connectivity index (χ4v) is 4.09. The third-order valence-electron chi connectivity index (χ3n) is 5.59. The fraction of sp³-hybridized carbons (Fsp3) is 0.650. The number of aliphatic carboxylic acids is 1. The molecular formula is C20H30N6O3. The Kier molecular flexibility index (Phi) is 7.13. The number of aromatic nitrogens is 5. The average Bonchev–Trinajstić information content (AvgIpc) is 3.25. The Morgan fingerprint density at radius 1 is 1.38 bits per heavy atom. The first-order valence-electron chi connectivity index (χ1n) is 10.2. The maximum absolute atomic E-state index is 12.0. The van der Waals surface area contributed by atoms with E-state index >= 15 is 0 Å². The predicted molar refractivity (Wildman–Crippen MR) is 107 cm³/mol. The highest BCUT2D eigenvalue weighted by Crippen LogP contribution is 2.31. The molecular weight excluding hydrogens is 372 g/mol. The number of hydrogen-bond donors (Lipinski definition) is 3. The van der Waals surface area contributed by atoms with E-state index in [1.165, 1.54) is 0 Å². The number of pyridine rings is 1. The van der Waals surface area contributed by atoms with Crippen molar-refractivity contribution in [2.75, 3.05) is 24.6 Å². The lowest BCUT2D eigenvalue weighted by molar-refractivity contribution is -0.143. The topological polar surface area (TPSA) is 128 Å². The number of carbonyl (C=O) groups is 1. The van der Waals surface area contributed by atoms with Crippen molar-refractivity contribution in [2.45, 2.75) is 45.4 Å². The van der Waals surface area contributed by atoms with E-state index < -0.39 is 11.9 Å². The first-order chi connectivity index (χ1) is 14.0. The minimum Gasteiger partial charge on any atom is -0.481 e. The van der Waals surface area contributed by atoms with Gasteiger partial charge in [0.1, 0.15) is 5.82 Å². The third-order valence-corrected chi connectivity index (χ3v) is 5.59. The monoisotopic (exact) mass is 402 g/mol. The lowest BCUT2D eigenvalue weighted by atomic mass is 9.81. The molecule has 1 aliphatic heterocycles. The predicted octanol–water partition coefficient (Wildman–Crippen LogP) is 1.88. The number of H-pyrrole nitrogens is 1. The van der Waals surface area contributed by atoms with Gasteiger partial charge in [-0.3, -0.25) is 4.79 Å². The first kappa shape index (κ1) is 21.2. The van der Waals surface area contributed by atoms with Crippen molar-refractivity contribution in [2.24, 2.45) is 17.8 Å². The molecule has 1 fully saturated rings. The Morgan fingerprint density at radius 3 is 2.79 bits per heavy atom. The van der Waals surface area contributed by atoms with Gasteiger partial charge in [-0.05, 0) is 49.1 Å². The van der Waals surface area contributed by atoms with Crippen molar-refractivity contribution in [3.63, 3.8) is 0 Å². The van der Waals surface area contributed by atoms with E-state index in [1.54, 1.807) is 6.20 Å². The molecule has 2 aromatic rings. The van der Waals surface area contributed by atoms with Gasteiger partial charge in [0.05, 0.1) is 5.92 Å². The van der Waals surface area contributed by atoms with Crippen LogP contribution >= 0.6 is 0 Å². The van der Waals surface area contributed by atoms with Gasteiger partial charge < -0.3 is 15.1 Å². The van der Waals surface area contributed by atoms with Crippen LogP contribution in [0, 0.1) is 17.8 Å². The number of aliphatic hydroxyl groups excluding tert-OH is 1. The van der Waals surface area contributed by atoms with Gasteiger partial charge in [-0.2, -0.15) is 5.21 Å². The van der Waals surface area contributed by atoms with Crippen molar-refractivity contribution in [1.29, 1.82) is 0 Å². The van der Waals surface area contributed by atoms with Crippen LogP contribution in [0.15, 0.2) is 18.3 Å². The normalized spacial score (nSPS) is 19.3. The van der Waals surface area contributed by atoms with Crippen molar-refractivity contribution in [3.05, 3.63) is 29.7 Å². The van der Waals surface area contributed by atoms with E-state index in [2.05, 4.69) is 30.5 Å². The van der Waals surface area contributed by atoms with E-state index in [1.807, 2.05) is 26.0 Å². The van der Waals surface area contributed by atoms with Crippen molar-refractivity contribution in [1.82, 2.24) is 25.6 Å². The lowest BCUT2D eigenvalue weighted by Crippen LogP contribution is -2.37. The molecule has 1 unspecified atom stereocenters. The molecule has 3 heterocycles. The van der Waals surface area contributed by atoms with Gasteiger partial charge in [-0.1, -0.05) is 25.1 Å². The van der Waals surface area contributed by atoms with Crippen LogP contribution in [0.4, 0.5) is 5.82 Å². The Morgan fingerprint density at radius 2 is 2.21 bits per heavy atom. The minimum atomic E-state index is -0.846. The maximum atomic E-state index is 12.0. The largest absolute Gasteiger partial charge is 0.481 e. The molecule has 29 heavy (non-hydrogen) atoms. The molecule has 0 bridgehead atoms. The number of nitrogens with one attached hydrogen (secondary N) is 1. The number of tetrazole rings is 1. The molecule has 1 saturated heterocycles. The summed E-state index contributed by atoms with van der Waals surface area (Å²) in [4.78, 5) is 18.8. The molecule has 0 amide bonds. The summed E-state index contributed by atoms with van der Waals surface area (Å²) in [5.74, 6) is 0.0184. The van der Waals surface area contributed by atoms with Crippen LogP contribution < -0.4 is 4.90 Å². The van der Waals surface area contributed by atoms with Gasteiger partial charge in [-0.25, -0.2) is 4.98 Å². The number of aliphatic hydroxyl groups is 1. The highest BCUT2D eigenvalue weighted by molar-refractivity contribution is 5.71. The smallest absolute Gasteiger partial charge is 0.307 e. The summed E-state index contributed by atoms with van der Waals surface area (Å²) in [6.07, 6.45) is 4.92. The van der Waals surface area contributed by atoms with E-state index in [9.17, 15) is 15.0 Å². The quantitative estimate of drug-likeness (QED) is 0.580. The Bertz CT molecular complexity index is 765. The van der Waals surface area contributed by atoms with E-state index in [0.717, 1.165) is 37.3 Å². The maximum Gasteiger partial charge on any atom is 0.307 e. The van der Waals surface area contributed by atoms with Crippen LogP contribution in [-0.4, -0.2) is 61.5 Å². The van der Waals surface area contributed by atoms with Crippen LogP contribution in [0.3, 0.4) is 0 Å². The average molecular weight is 402 g/mol. The van der Waals surface area contributed by atoms with E-state index in [-0.39, 0.29) is 18.4 Å². The molecule has 3 N–H and O–H groups in total. The van der Waals surface area contributed by atoms with Gasteiger partial charge in [0.15, 0.2) is 5.82 Å². The highest BCUT2D eigenvalue weighted by Gasteiger charge is 2.33. The first-order valence-corrected chi connectivity index (χ1v) is 10.2. The standard InChI is InChI=1S/C20H30N6O3/c1-13(2)8-17(20(28)29)16(19-22-24-25-23-19)9-14-5-6-18(21-10-14)26-7-3-4-15(11-26)12-27/h5-6,10,13,15-17,27H,3-4,7-9,11-12H2,1-2H3,(H,28,29)(H,22,23,24,25)/t15?,16-,17-/m0/s1. The molecule has 9 nitrogen and oxygen atoms in total. The number of rotatable bonds is 9. The van der Waals surface area contributed by atoms with Crippen molar-refractivity contribution in [3.8, 4) is 0 Å².